The Balaban J connectivity index is -0.0000000838. The van der Waals surface area contributed by atoms with Gasteiger partial charge in [0.25, 0.3) is 0 Å². The van der Waals surface area contributed by atoms with Gasteiger partial charge in [-0.1, -0.05) is 44.9 Å². The molecular formula is C16H30N6O6. The second-order valence-electron chi connectivity index (χ2n) is 4.76. The van der Waals surface area contributed by atoms with Crippen LogP contribution in [0.25, 0.3) is 0 Å². The number of nitrogens with two attached hydrogens (primary N) is 2. The van der Waals surface area contributed by atoms with E-state index in [0.29, 0.717) is 13.0 Å². The Bertz CT molecular complexity index is 399. The predicted octanol–water partition coefficient (Wildman–Crippen LogP) is 1.47. The third-order valence-electron chi connectivity index (χ3n) is 2.79. The van der Waals surface area contributed by atoms with Gasteiger partial charge in [-0.05, 0) is 19.4 Å². The maximum absolute atomic E-state index is 10.1. The molecule has 0 saturated heterocycles. The van der Waals surface area contributed by atoms with Crippen LogP contribution < -0.4 is 11.5 Å². The first-order valence-corrected chi connectivity index (χ1v) is 8.18. The lowest BCUT2D eigenvalue weighted by Gasteiger charge is -2.05. The number of hydrogen-bond acceptors (Lipinski definition) is 11. The van der Waals surface area contributed by atoms with Crippen molar-refractivity contribution >= 4 is 30.3 Å². The molecular weight excluding hydrogens is 372 g/mol. The molecule has 1 atom stereocenters. The molecule has 0 aromatic rings. The summed E-state index contributed by atoms with van der Waals surface area (Å²) in [6.45, 7) is 0.604. The largest absolute Gasteiger partial charge is 0.480 e. The van der Waals surface area contributed by atoms with Gasteiger partial charge in [-0.15, -0.1) is 0 Å². The van der Waals surface area contributed by atoms with Gasteiger partial charge < -0.3 is 16.6 Å². The minimum Gasteiger partial charge on any atom is -0.480 e. The topological polar surface area (TPSA) is 253 Å². The number of carboxylic acids is 1. The van der Waals surface area contributed by atoms with Gasteiger partial charge in [-0.25, -0.2) is 40.8 Å². The quantitative estimate of drug-likeness (QED) is 0.201. The zero-order chi connectivity index (χ0) is 23.1. The maximum atomic E-state index is 10.1. The molecule has 1 fully saturated rings. The summed E-state index contributed by atoms with van der Waals surface area (Å²) in [5.74, 6) is -0.933. The number of hydrogen-bond donors (Lipinski definition) is 7. The number of nitrogens with one attached hydrogen (secondary N) is 4. The van der Waals surface area contributed by atoms with E-state index in [1.807, 2.05) is 0 Å². The zero-order valence-electron chi connectivity index (χ0n) is 15.8. The standard InChI is InChI=1S/C6H14N2O2.C6H12.4CHNO/c7-4-2-1-3-5(8)6(9)10;1-2-4-6-5-3-1;4*2-1-3/h5H,1-4,7-8H2,(H,9,10);1-6H2;4*2H. The average molecular weight is 402 g/mol. The molecule has 9 N–H and O–H groups in total. The van der Waals surface area contributed by atoms with Gasteiger partial charge in [0.05, 0.1) is 0 Å². The molecule has 1 rings (SSSR count). The number of carboxylic acid groups (broad SMARTS) is 1. The van der Waals surface area contributed by atoms with E-state index >= 15 is 0 Å². The Morgan fingerprint density at radius 2 is 1.04 bits per heavy atom. The molecule has 0 aliphatic heterocycles. The first-order valence-electron chi connectivity index (χ1n) is 8.18. The molecule has 1 aliphatic rings. The summed E-state index contributed by atoms with van der Waals surface area (Å²) in [5, 5.41) is 29.9. The average Bonchev–Trinajstić information content (AvgIpc) is 2.66. The van der Waals surface area contributed by atoms with Crippen LogP contribution >= 0.6 is 0 Å². The van der Waals surface area contributed by atoms with Crippen molar-refractivity contribution in [1.82, 2.24) is 0 Å². The number of rotatable bonds is 5. The first-order chi connectivity index (χ1) is 13.3. The van der Waals surface area contributed by atoms with Crippen molar-refractivity contribution in [3.8, 4) is 0 Å². The molecule has 0 bridgehead atoms. The van der Waals surface area contributed by atoms with E-state index in [0.717, 1.165) is 37.2 Å². The Morgan fingerprint density at radius 1 is 0.786 bits per heavy atom. The van der Waals surface area contributed by atoms with E-state index < -0.39 is 12.0 Å². The van der Waals surface area contributed by atoms with Gasteiger partial charge in [-0.3, -0.25) is 4.79 Å². The number of isocyanates is 4. The Kier molecular flexibility index (Phi) is 56.3. The maximum Gasteiger partial charge on any atom is 0.320 e. The molecule has 12 nitrogen and oxygen atoms in total. The van der Waals surface area contributed by atoms with Gasteiger partial charge in [0, 0.05) is 0 Å². The van der Waals surface area contributed by atoms with E-state index in [1.165, 1.54) is 38.5 Å². The van der Waals surface area contributed by atoms with Crippen LogP contribution in [0, 0.1) is 21.6 Å². The lowest BCUT2D eigenvalue weighted by atomic mass is 10.0. The Morgan fingerprint density at radius 3 is 1.21 bits per heavy atom. The minimum atomic E-state index is -0.933. The molecule has 12 heteroatoms. The lowest BCUT2D eigenvalue weighted by molar-refractivity contribution is -0.138. The van der Waals surface area contributed by atoms with Gasteiger partial charge >= 0.3 is 5.97 Å². The molecule has 1 unspecified atom stereocenters. The molecule has 0 spiro atoms. The SMILES string of the molecule is C1CCCCC1.N=C=O.N=C=O.N=C=O.N=C=O.NCCCCC(N)C(=O)O. The highest BCUT2D eigenvalue weighted by Gasteiger charge is 2.09. The summed E-state index contributed by atoms with van der Waals surface area (Å²) in [6.07, 6.45) is 14.2. The second kappa shape index (κ2) is 43.9. The van der Waals surface area contributed by atoms with Gasteiger partial charge in [0.2, 0.25) is 24.3 Å². The van der Waals surface area contributed by atoms with Crippen molar-refractivity contribution in [2.45, 2.75) is 63.8 Å². The van der Waals surface area contributed by atoms with E-state index in [9.17, 15) is 4.79 Å². The predicted molar refractivity (Wildman–Crippen MR) is 99.9 cm³/mol. The number of carbonyl (C=O) groups excluding carboxylic acids is 4. The monoisotopic (exact) mass is 402 g/mol. The summed E-state index contributed by atoms with van der Waals surface area (Å²) in [7, 11) is 0. The van der Waals surface area contributed by atoms with Crippen molar-refractivity contribution in [2.24, 2.45) is 11.5 Å². The van der Waals surface area contributed by atoms with Crippen LogP contribution in [-0.2, 0) is 24.0 Å². The highest BCUT2D eigenvalue weighted by atomic mass is 16.4. The molecule has 1 aliphatic carbocycles. The molecule has 0 heterocycles. The van der Waals surface area contributed by atoms with E-state index in [1.54, 1.807) is 0 Å². The van der Waals surface area contributed by atoms with Gasteiger partial charge in [0.1, 0.15) is 6.04 Å². The molecule has 28 heavy (non-hydrogen) atoms. The Hall–Kier alpha value is -3.09. The second-order valence-corrected chi connectivity index (χ2v) is 4.76. The highest BCUT2D eigenvalue weighted by molar-refractivity contribution is 5.72. The van der Waals surface area contributed by atoms with Crippen LogP contribution in [-0.4, -0.2) is 48.0 Å². The van der Waals surface area contributed by atoms with E-state index in [4.69, 9.17) is 57.4 Å². The van der Waals surface area contributed by atoms with Crippen molar-refractivity contribution < 1.29 is 29.1 Å². The van der Waals surface area contributed by atoms with Crippen LogP contribution in [0.4, 0.5) is 0 Å². The molecule has 0 amide bonds. The lowest BCUT2D eigenvalue weighted by Crippen LogP contribution is -2.29. The normalized spacial score (nSPS) is 10.9. The molecule has 0 aromatic carbocycles. The minimum absolute atomic E-state index is 0.520. The summed E-state index contributed by atoms with van der Waals surface area (Å²) >= 11 is 0. The number of unbranched alkanes of at least 4 members (excludes halogenated alkanes) is 1. The summed E-state index contributed by atoms with van der Waals surface area (Å²) in [5.41, 5.74) is 10.4. The fraction of sp³-hybridized carbons (Fsp3) is 0.688. The Labute approximate surface area is 163 Å². The van der Waals surface area contributed by atoms with Crippen LogP contribution in [0.15, 0.2) is 0 Å². The van der Waals surface area contributed by atoms with E-state index in [-0.39, 0.29) is 0 Å². The molecule has 1 saturated carbocycles. The van der Waals surface area contributed by atoms with Gasteiger partial charge in [0.15, 0.2) is 0 Å². The van der Waals surface area contributed by atoms with Crippen molar-refractivity contribution in [3.63, 3.8) is 0 Å². The number of aliphatic carboxylic acids is 1. The molecule has 160 valence electrons. The molecule has 0 aromatic heterocycles. The van der Waals surface area contributed by atoms with Crippen LogP contribution in [0.5, 0.6) is 0 Å². The number of carbonyl (C=O) groups is 1. The smallest absolute Gasteiger partial charge is 0.320 e. The van der Waals surface area contributed by atoms with Crippen LogP contribution in [0.1, 0.15) is 57.8 Å². The zero-order valence-corrected chi connectivity index (χ0v) is 15.8. The van der Waals surface area contributed by atoms with E-state index in [2.05, 4.69) is 0 Å². The summed E-state index contributed by atoms with van der Waals surface area (Å²) < 4.78 is 0. The van der Waals surface area contributed by atoms with Crippen molar-refractivity contribution in [2.75, 3.05) is 6.54 Å². The van der Waals surface area contributed by atoms with Crippen LogP contribution in [0.2, 0.25) is 0 Å². The summed E-state index contributed by atoms with van der Waals surface area (Å²) in [4.78, 5) is 43.5. The first kappa shape index (κ1) is 35.9. The third kappa shape index (κ3) is 77.5. The highest BCUT2D eigenvalue weighted by Crippen LogP contribution is 2.15. The van der Waals surface area contributed by atoms with Crippen molar-refractivity contribution in [1.29, 1.82) is 21.6 Å². The summed E-state index contributed by atoms with van der Waals surface area (Å²) in [6, 6.07) is -0.716. The van der Waals surface area contributed by atoms with Gasteiger partial charge in [-0.2, -0.15) is 0 Å². The fourth-order valence-corrected chi connectivity index (χ4v) is 1.69. The third-order valence-corrected chi connectivity index (χ3v) is 2.79. The van der Waals surface area contributed by atoms with Crippen molar-refractivity contribution in [3.05, 3.63) is 0 Å². The fourth-order valence-electron chi connectivity index (χ4n) is 1.69. The molecule has 0 radical (unpaired) electrons. The van der Waals surface area contributed by atoms with Crippen LogP contribution in [0.3, 0.4) is 0 Å².